The number of hydrogen-bond acceptors (Lipinski definition) is 3. The number of aryl methyl sites for hydroxylation is 3. The van der Waals surface area contributed by atoms with Gasteiger partial charge < -0.3 is 13.3 Å². The van der Waals surface area contributed by atoms with E-state index in [9.17, 15) is 0 Å². The Morgan fingerprint density at radius 2 is 1.24 bits per heavy atom. The molecule has 0 heterocycles. The van der Waals surface area contributed by atoms with Gasteiger partial charge in [-0.2, -0.15) is 0 Å². The van der Waals surface area contributed by atoms with Crippen LogP contribution in [0.5, 0.6) is 0 Å². The zero-order valence-corrected chi connectivity index (χ0v) is 15.4. The fourth-order valence-electron chi connectivity index (χ4n) is 2.88. The predicted molar refractivity (Wildman–Crippen MR) is 89.8 cm³/mol. The average Bonchev–Trinajstić information content (AvgIpc) is 2.38. The van der Waals surface area contributed by atoms with Crippen LogP contribution in [0.3, 0.4) is 0 Å². The molecule has 0 saturated carbocycles. The van der Waals surface area contributed by atoms with Crippen molar-refractivity contribution < 1.29 is 13.3 Å². The van der Waals surface area contributed by atoms with Crippen LogP contribution in [0, 0.1) is 20.8 Å². The van der Waals surface area contributed by atoms with E-state index in [1.807, 2.05) is 20.8 Å². The minimum atomic E-state index is -2.54. The number of hydrogen-bond donors (Lipinski definition) is 0. The van der Waals surface area contributed by atoms with Crippen molar-refractivity contribution in [1.29, 1.82) is 0 Å². The first kappa shape index (κ1) is 18.4. The van der Waals surface area contributed by atoms with Crippen molar-refractivity contribution in [3.8, 4) is 0 Å². The van der Waals surface area contributed by atoms with Crippen LogP contribution in [0.1, 0.15) is 43.0 Å². The Morgan fingerprint density at radius 1 is 0.810 bits per heavy atom. The number of rotatable bonds is 9. The summed E-state index contributed by atoms with van der Waals surface area (Å²) >= 11 is 0. The molecule has 1 rings (SSSR count). The highest BCUT2D eigenvalue weighted by molar-refractivity contribution is 6.60. The third-order valence-electron chi connectivity index (χ3n) is 3.61. The molecule has 120 valence electrons. The van der Waals surface area contributed by atoms with Gasteiger partial charge in [0.2, 0.25) is 0 Å². The van der Waals surface area contributed by atoms with E-state index in [4.69, 9.17) is 13.3 Å². The van der Waals surface area contributed by atoms with Crippen LogP contribution in [0.15, 0.2) is 12.1 Å². The van der Waals surface area contributed by atoms with Gasteiger partial charge in [-0.15, -0.1) is 0 Å². The lowest BCUT2D eigenvalue weighted by Gasteiger charge is -2.29. The van der Waals surface area contributed by atoms with Crippen molar-refractivity contribution in [2.24, 2.45) is 0 Å². The van der Waals surface area contributed by atoms with Crippen molar-refractivity contribution in [1.82, 2.24) is 0 Å². The molecule has 0 amide bonds. The third kappa shape index (κ3) is 5.22. The molecule has 0 bridgehead atoms. The summed E-state index contributed by atoms with van der Waals surface area (Å²) in [7, 11) is -2.54. The molecule has 21 heavy (non-hydrogen) atoms. The van der Waals surface area contributed by atoms with Gasteiger partial charge in [0.1, 0.15) is 0 Å². The predicted octanol–water partition coefficient (Wildman–Crippen LogP) is 4.20. The second-order valence-electron chi connectivity index (χ2n) is 5.36. The van der Waals surface area contributed by atoms with E-state index >= 15 is 0 Å². The molecule has 3 nitrogen and oxygen atoms in total. The van der Waals surface area contributed by atoms with Gasteiger partial charge in [0.15, 0.2) is 0 Å². The van der Waals surface area contributed by atoms with Crippen molar-refractivity contribution in [2.45, 2.75) is 54.0 Å². The molecule has 0 aliphatic rings. The van der Waals surface area contributed by atoms with Crippen molar-refractivity contribution in [2.75, 3.05) is 19.8 Å². The van der Waals surface area contributed by atoms with E-state index in [-0.39, 0.29) is 0 Å². The van der Waals surface area contributed by atoms with Crippen LogP contribution in [0.2, 0.25) is 6.04 Å². The van der Waals surface area contributed by atoms with Gasteiger partial charge in [-0.1, -0.05) is 17.7 Å². The molecule has 0 atom stereocenters. The molecular weight excluding hydrogens is 280 g/mol. The van der Waals surface area contributed by atoms with E-state index in [1.165, 1.54) is 22.3 Å². The maximum atomic E-state index is 5.93. The molecule has 0 spiro atoms. The fourth-order valence-corrected chi connectivity index (χ4v) is 5.44. The SMILES string of the molecule is CCO[Si](CCc1c(C)cc(C)cc1C)(OCC)OCC. The maximum Gasteiger partial charge on any atom is 0.501 e. The molecule has 0 unspecified atom stereocenters. The molecule has 0 radical (unpaired) electrons. The van der Waals surface area contributed by atoms with Crippen molar-refractivity contribution in [3.05, 3.63) is 34.4 Å². The van der Waals surface area contributed by atoms with E-state index in [0.717, 1.165) is 12.5 Å². The van der Waals surface area contributed by atoms with Crippen LogP contribution in [-0.2, 0) is 19.7 Å². The van der Waals surface area contributed by atoms with Gasteiger partial charge in [0.05, 0.1) is 0 Å². The summed E-state index contributed by atoms with van der Waals surface area (Å²) in [6, 6.07) is 5.33. The Balaban J connectivity index is 2.90. The van der Waals surface area contributed by atoms with Crippen molar-refractivity contribution in [3.63, 3.8) is 0 Å². The Kier molecular flexibility index (Phi) is 7.60. The van der Waals surface area contributed by atoms with Crippen LogP contribution < -0.4 is 0 Å². The summed E-state index contributed by atoms with van der Waals surface area (Å²) in [5, 5.41) is 0. The van der Waals surface area contributed by atoms with E-state index < -0.39 is 8.80 Å². The summed E-state index contributed by atoms with van der Waals surface area (Å²) < 4.78 is 17.8. The molecule has 4 heteroatoms. The van der Waals surface area contributed by atoms with Crippen LogP contribution in [0.25, 0.3) is 0 Å². The third-order valence-corrected chi connectivity index (χ3v) is 6.66. The topological polar surface area (TPSA) is 27.7 Å². The lowest BCUT2D eigenvalue weighted by molar-refractivity contribution is 0.0714. The zero-order valence-electron chi connectivity index (χ0n) is 14.4. The standard InChI is InChI=1S/C17H30O3Si/c1-7-18-21(19-8-2,20-9-3)11-10-17-15(5)12-14(4)13-16(17)6/h12-13H,7-11H2,1-6H3. The highest BCUT2D eigenvalue weighted by Crippen LogP contribution is 2.23. The lowest BCUT2D eigenvalue weighted by Crippen LogP contribution is -2.46. The van der Waals surface area contributed by atoms with Crippen molar-refractivity contribution >= 4 is 8.80 Å². The Hall–Kier alpha value is -0.683. The van der Waals surface area contributed by atoms with Gasteiger partial charge >= 0.3 is 8.80 Å². The van der Waals surface area contributed by atoms with Crippen LogP contribution >= 0.6 is 0 Å². The molecule has 1 aromatic rings. The Bertz CT molecular complexity index is 406. The first-order valence-electron chi connectivity index (χ1n) is 7.96. The monoisotopic (exact) mass is 310 g/mol. The number of benzene rings is 1. The molecular formula is C17H30O3Si. The summed E-state index contributed by atoms with van der Waals surface area (Å²) in [6.45, 7) is 14.4. The highest BCUT2D eigenvalue weighted by Gasteiger charge is 2.40. The molecule has 0 fully saturated rings. The fraction of sp³-hybridized carbons (Fsp3) is 0.647. The van der Waals surface area contributed by atoms with Crippen LogP contribution in [-0.4, -0.2) is 28.6 Å². The molecule has 0 aliphatic heterocycles. The largest absolute Gasteiger partial charge is 0.501 e. The summed E-state index contributed by atoms with van der Waals surface area (Å²) in [6.07, 6.45) is 0.949. The van der Waals surface area contributed by atoms with Gasteiger partial charge in [0, 0.05) is 25.9 Å². The molecule has 0 N–H and O–H groups in total. The second-order valence-corrected chi connectivity index (χ2v) is 8.09. The maximum absolute atomic E-state index is 5.93. The lowest BCUT2D eigenvalue weighted by atomic mass is 9.98. The molecule has 1 aromatic carbocycles. The Morgan fingerprint density at radius 3 is 1.62 bits per heavy atom. The summed E-state index contributed by atoms with van der Waals surface area (Å²) in [5.74, 6) is 0. The molecule has 0 aliphatic carbocycles. The van der Waals surface area contributed by atoms with Gasteiger partial charge in [-0.05, 0) is 64.7 Å². The average molecular weight is 311 g/mol. The second kappa shape index (κ2) is 8.69. The van der Waals surface area contributed by atoms with E-state index in [2.05, 4.69) is 32.9 Å². The quantitative estimate of drug-likeness (QED) is 0.640. The van der Waals surface area contributed by atoms with Gasteiger partial charge in [0.25, 0.3) is 0 Å². The van der Waals surface area contributed by atoms with Crippen LogP contribution in [0.4, 0.5) is 0 Å². The van der Waals surface area contributed by atoms with Gasteiger partial charge in [-0.3, -0.25) is 0 Å². The first-order valence-corrected chi connectivity index (χ1v) is 9.89. The molecule has 0 aromatic heterocycles. The zero-order chi connectivity index (χ0) is 15.9. The first-order chi connectivity index (χ1) is 9.98. The minimum absolute atomic E-state index is 0.637. The van der Waals surface area contributed by atoms with E-state index in [1.54, 1.807) is 0 Å². The minimum Gasteiger partial charge on any atom is -0.374 e. The smallest absolute Gasteiger partial charge is 0.374 e. The molecule has 0 saturated heterocycles. The Labute approximate surface area is 131 Å². The highest BCUT2D eigenvalue weighted by atomic mass is 28.4. The van der Waals surface area contributed by atoms with E-state index in [0.29, 0.717) is 19.8 Å². The normalized spacial score (nSPS) is 11.9. The van der Waals surface area contributed by atoms with Gasteiger partial charge in [-0.25, -0.2) is 0 Å². The summed E-state index contributed by atoms with van der Waals surface area (Å²) in [5.41, 5.74) is 5.41. The summed E-state index contributed by atoms with van der Waals surface area (Å²) in [4.78, 5) is 0.